The molecule has 1 aromatic heterocycles. The van der Waals surface area contributed by atoms with E-state index in [-0.39, 0.29) is 29.6 Å². The van der Waals surface area contributed by atoms with Crippen LogP contribution in [0.3, 0.4) is 0 Å². The van der Waals surface area contributed by atoms with Gasteiger partial charge in [-0.05, 0) is 23.8 Å². The molecule has 0 saturated heterocycles. The minimum absolute atomic E-state index is 0.0120. The minimum Gasteiger partial charge on any atom is -0.360 e. The lowest BCUT2D eigenvalue weighted by Crippen LogP contribution is -2.14. The molecule has 0 bridgehead atoms. The van der Waals surface area contributed by atoms with Crippen LogP contribution in [0, 0.1) is 20.2 Å². The maximum atomic E-state index is 11.6. The first-order chi connectivity index (χ1) is 14.0. The van der Waals surface area contributed by atoms with Gasteiger partial charge in [0.05, 0.1) is 15.5 Å². The molecule has 0 atom stereocenters. The van der Waals surface area contributed by atoms with Gasteiger partial charge < -0.3 is 5.32 Å². The highest BCUT2D eigenvalue weighted by Gasteiger charge is 2.23. The van der Waals surface area contributed by atoms with Crippen molar-refractivity contribution in [2.75, 3.05) is 16.2 Å². The lowest BCUT2D eigenvalue weighted by Gasteiger charge is -2.12. The third-order valence-electron chi connectivity index (χ3n) is 3.81. The topological polar surface area (TPSA) is 148 Å². The van der Waals surface area contributed by atoms with Crippen molar-refractivity contribution in [2.45, 2.75) is 6.54 Å². The SMILES string of the molecule is O=[N+]([O-])c1ccc(NNc2ncnc(NCc3ccccc3Cl)c2[N+](=O)[O-])cc1. The van der Waals surface area contributed by atoms with Gasteiger partial charge in [0.1, 0.15) is 6.33 Å². The average molecular weight is 416 g/mol. The lowest BCUT2D eigenvalue weighted by atomic mass is 10.2. The van der Waals surface area contributed by atoms with Crippen molar-refractivity contribution in [3.05, 3.63) is 85.7 Å². The molecule has 0 aliphatic heterocycles. The van der Waals surface area contributed by atoms with Gasteiger partial charge in [0.15, 0.2) is 0 Å². The second kappa shape index (κ2) is 8.80. The Morgan fingerprint density at radius 3 is 2.24 bits per heavy atom. The Kier molecular flexibility index (Phi) is 6.00. The molecule has 0 amide bonds. The van der Waals surface area contributed by atoms with Gasteiger partial charge in [-0.15, -0.1) is 0 Å². The van der Waals surface area contributed by atoms with Gasteiger partial charge in [-0.25, -0.2) is 9.97 Å². The quantitative estimate of drug-likeness (QED) is 0.366. The predicted octanol–water partition coefficient (Wildman–Crippen LogP) is 4.00. The summed E-state index contributed by atoms with van der Waals surface area (Å²) in [6, 6.07) is 12.6. The molecule has 0 unspecified atom stereocenters. The molecular weight excluding hydrogens is 402 g/mol. The number of halogens is 1. The summed E-state index contributed by atoms with van der Waals surface area (Å²) in [5.41, 5.74) is 6.11. The number of hydrogen-bond donors (Lipinski definition) is 3. The summed E-state index contributed by atoms with van der Waals surface area (Å²) in [5.74, 6) is -0.0667. The fourth-order valence-corrected chi connectivity index (χ4v) is 2.59. The number of hydrazine groups is 1. The van der Waals surface area contributed by atoms with Crippen LogP contribution in [0.25, 0.3) is 0 Å². The molecule has 0 spiro atoms. The van der Waals surface area contributed by atoms with Crippen LogP contribution in [-0.4, -0.2) is 19.8 Å². The minimum atomic E-state index is -0.616. The Morgan fingerprint density at radius 2 is 1.59 bits per heavy atom. The molecule has 0 aliphatic rings. The number of nitro benzene ring substituents is 1. The highest BCUT2D eigenvalue weighted by atomic mass is 35.5. The highest BCUT2D eigenvalue weighted by molar-refractivity contribution is 6.31. The Bertz CT molecular complexity index is 1050. The summed E-state index contributed by atoms with van der Waals surface area (Å²) in [7, 11) is 0. The van der Waals surface area contributed by atoms with Gasteiger partial charge in [0.25, 0.3) is 5.69 Å². The fourth-order valence-electron chi connectivity index (χ4n) is 2.39. The van der Waals surface area contributed by atoms with E-state index in [1.807, 2.05) is 0 Å². The van der Waals surface area contributed by atoms with E-state index >= 15 is 0 Å². The molecule has 3 rings (SSSR count). The number of nitro groups is 2. The zero-order valence-electron chi connectivity index (χ0n) is 14.7. The van der Waals surface area contributed by atoms with Gasteiger partial charge in [-0.3, -0.25) is 31.1 Å². The van der Waals surface area contributed by atoms with Crippen molar-refractivity contribution in [3.63, 3.8) is 0 Å². The molecule has 2 aromatic carbocycles. The maximum absolute atomic E-state index is 11.6. The Morgan fingerprint density at radius 1 is 0.897 bits per heavy atom. The van der Waals surface area contributed by atoms with E-state index in [1.165, 1.54) is 30.6 Å². The van der Waals surface area contributed by atoms with Gasteiger partial charge in [0.2, 0.25) is 11.6 Å². The molecular formula is C17H14ClN7O4. The third kappa shape index (κ3) is 4.84. The van der Waals surface area contributed by atoms with Crippen molar-refractivity contribution in [1.82, 2.24) is 9.97 Å². The molecule has 0 aliphatic carbocycles. The number of nitrogens with zero attached hydrogens (tertiary/aromatic N) is 4. The van der Waals surface area contributed by atoms with Crippen molar-refractivity contribution in [2.24, 2.45) is 0 Å². The van der Waals surface area contributed by atoms with E-state index in [2.05, 4.69) is 26.1 Å². The van der Waals surface area contributed by atoms with E-state index in [0.29, 0.717) is 10.7 Å². The van der Waals surface area contributed by atoms with Gasteiger partial charge in [0, 0.05) is 23.7 Å². The van der Waals surface area contributed by atoms with E-state index in [0.717, 1.165) is 5.56 Å². The van der Waals surface area contributed by atoms with Crippen LogP contribution in [0.15, 0.2) is 54.9 Å². The van der Waals surface area contributed by atoms with E-state index in [9.17, 15) is 20.2 Å². The standard InChI is InChI=1S/C17H14ClN7O4/c18-14-4-2-1-3-11(14)9-19-16-15(25(28)29)17(21-10-20-16)23-22-12-5-7-13(8-6-12)24(26)27/h1-8,10,22H,9H2,(H2,19,20,21,23). The first-order valence-electron chi connectivity index (χ1n) is 8.19. The molecule has 3 N–H and O–H groups in total. The molecule has 11 nitrogen and oxygen atoms in total. The fraction of sp³-hybridized carbons (Fsp3) is 0.0588. The maximum Gasteiger partial charge on any atom is 0.354 e. The number of benzene rings is 2. The predicted molar refractivity (Wildman–Crippen MR) is 108 cm³/mol. The second-order valence-electron chi connectivity index (χ2n) is 5.68. The molecule has 1 heterocycles. The van der Waals surface area contributed by atoms with E-state index in [1.54, 1.807) is 24.3 Å². The zero-order valence-corrected chi connectivity index (χ0v) is 15.5. The second-order valence-corrected chi connectivity index (χ2v) is 6.08. The summed E-state index contributed by atoms with van der Waals surface area (Å²) in [6.07, 6.45) is 1.17. The Balaban J connectivity index is 1.76. The summed E-state index contributed by atoms with van der Waals surface area (Å²) < 4.78 is 0. The molecule has 0 fully saturated rings. The van der Waals surface area contributed by atoms with Gasteiger partial charge >= 0.3 is 5.69 Å². The largest absolute Gasteiger partial charge is 0.360 e. The van der Waals surface area contributed by atoms with Crippen LogP contribution in [0.2, 0.25) is 5.02 Å². The molecule has 0 radical (unpaired) electrons. The molecule has 29 heavy (non-hydrogen) atoms. The first kappa shape index (κ1) is 19.8. The van der Waals surface area contributed by atoms with Crippen molar-refractivity contribution >= 4 is 40.3 Å². The number of nitrogens with one attached hydrogen (secondary N) is 3. The van der Waals surface area contributed by atoms with E-state index in [4.69, 9.17) is 11.6 Å². The molecule has 0 saturated carbocycles. The van der Waals surface area contributed by atoms with Crippen molar-refractivity contribution in [1.29, 1.82) is 0 Å². The summed E-state index contributed by atoms with van der Waals surface area (Å²) in [5, 5.41) is 25.7. The first-order valence-corrected chi connectivity index (χ1v) is 8.56. The van der Waals surface area contributed by atoms with Crippen molar-refractivity contribution < 1.29 is 9.85 Å². The number of hydrogen-bond acceptors (Lipinski definition) is 9. The van der Waals surface area contributed by atoms with Gasteiger partial charge in [-0.1, -0.05) is 29.8 Å². The Hall–Kier alpha value is -3.99. The normalized spacial score (nSPS) is 10.2. The number of anilines is 3. The van der Waals surface area contributed by atoms with Crippen LogP contribution in [0.4, 0.5) is 28.7 Å². The Labute approximate surface area is 169 Å². The summed E-state index contributed by atoms with van der Waals surface area (Å²) in [6.45, 7) is 0.229. The lowest BCUT2D eigenvalue weighted by molar-refractivity contribution is -0.384. The van der Waals surface area contributed by atoms with Crippen LogP contribution < -0.4 is 16.2 Å². The van der Waals surface area contributed by atoms with Crippen molar-refractivity contribution in [3.8, 4) is 0 Å². The highest BCUT2D eigenvalue weighted by Crippen LogP contribution is 2.30. The zero-order chi connectivity index (χ0) is 20.8. The number of non-ortho nitro benzene ring substituents is 1. The van der Waals surface area contributed by atoms with Gasteiger partial charge in [-0.2, -0.15) is 0 Å². The number of rotatable bonds is 8. The summed E-state index contributed by atoms with van der Waals surface area (Å²) in [4.78, 5) is 29.0. The monoisotopic (exact) mass is 415 g/mol. The van der Waals surface area contributed by atoms with Crippen LogP contribution in [0.1, 0.15) is 5.56 Å². The van der Waals surface area contributed by atoms with Crippen LogP contribution >= 0.6 is 11.6 Å². The summed E-state index contributed by atoms with van der Waals surface area (Å²) >= 11 is 6.10. The average Bonchev–Trinajstić information content (AvgIpc) is 2.71. The van der Waals surface area contributed by atoms with Crippen LogP contribution in [-0.2, 0) is 6.54 Å². The number of aromatic nitrogens is 2. The van der Waals surface area contributed by atoms with Crippen LogP contribution in [0.5, 0.6) is 0 Å². The third-order valence-corrected chi connectivity index (χ3v) is 4.18. The van der Waals surface area contributed by atoms with E-state index < -0.39 is 9.85 Å². The molecule has 3 aromatic rings. The molecule has 12 heteroatoms. The smallest absolute Gasteiger partial charge is 0.354 e. The molecule has 148 valence electrons.